The van der Waals surface area contributed by atoms with Gasteiger partial charge in [0.2, 0.25) is 0 Å². The molecule has 1 heterocycles. The predicted octanol–water partition coefficient (Wildman–Crippen LogP) is 2.34. The van der Waals surface area contributed by atoms with Crippen molar-refractivity contribution in [3.8, 4) is 0 Å². The van der Waals surface area contributed by atoms with Crippen LogP contribution in [0, 0.1) is 0 Å². The number of allylic oxidation sites excluding steroid dienone is 1. The average molecular weight is 174 g/mol. The van der Waals surface area contributed by atoms with Crippen LogP contribution in [0.3, 0.4) is 0 Å². The van der Waals surface area contributed by atoms with Gasteiger partial charge in [-0.15, -0.1) is 11.2 Å². The van der Waals surface area contributed by atoms with Gasteiger partial charge in [-0.1, -0.05) is 0 Å². The van der Waals surface area contributed by atoms with Gasteiger partial charge in [-0.2, -0.15) is 0 Å². The maximum absolute atomic E-state index is 5.40. The number of thiol groups is 1. The van der Waals surface area contributed by atoms with E-state index in [9.17, 15) is 0 Å². The molecule has 0 bridgehead atoms. The first-order valence-electron chi connectivity index (χ1n) is 3.81. The molecule has 0 N–H and O–H groups in total. The molecule has 1 rings (SSSR count). The maximum Gasteiger partial charge on any atom is 0.126 e. The Hall–Kier alpha value is -0.410. The summed E-state index contributed by atoms with van der Waals surface area (Å²) in [6.07, 6.45) is 1.98. The van der Waals surface area contributed by atoms with Crippen LogP contribution in [-0.2, 0) is 8.92 Å². The predicted molar refractivity (Wildman–Crippen MR) is 49.5 cm³/mol. The number of rotatable bonds is 4. The van der Waals surface area contributed by atoms with Crippen LogP contribution in [0.5, 0.6) is 0 Å². The molecule has 0 aromatic heterocycles. The Balaban J connectivity index is 2.36. The summed E-state index contributed by atoms with van der Waals surface area (Å²) >= 11 is -0.464. The molecule has 2 nitrogen and oxygen atoms in total. The SMILES string of the molecule is CCOC1=C[SH](OCC)C=C1. The lowest BCUT2D eigenvalue weighted by molar-refractivity contribution is 0.244. The molecular formula is C8H14O2S. The Labute approximate surface area is 70.4 Å². The van der Waals surface area contributed by atoms with Crippen LogP contribution in [0.1, 0.15) is 13.8 Å². The molecule has 0 aliphatic carbocycles. The van der Waals surface area contributed by atoms with E-state index in [1.165, 1.54) is 0 Å². The van der Waals surface area contributed by atoms with Crippen molar-refractivity contribution in [2.75, 3.05) is 13.2 Å². The highest BCUT2D eigenvalue weighted by Gasteiger charge is 2.04. The van der Waals surface area contributed by atoms with E-state index in [1.807, 2.05) is 25.3 Å². The Morgan fingerprint density at radius 1 is 1.36 bits per heavy atom. The lowest BCUT2D eigenvalue weighted by Gasteiger charge is -2.07. The van der Waals surface area contributed by atoms with Crippen LogP contribution in [0.15, 0.2) is 22.7 Å². The van der Waals surface area contributed by atoms with Gasteiger partial charge in [0, 0.05) is 5.41 Å². The third-order valence-electron chi connectivity index (χ3n) is 1.23. The summed E-state index contributed by atoms with van der Waals surface area (Å²) in [4.78, 5) is 0. The fourth-order valence-electron chi connectivity index (χ4n) is 0.840. The molecule has 0 saturated heterocycles. The summed E-state index contributed by atoms with van der Waals surface area (Å²) in [5, 5.41) is 4.10. The fourth-order valence-corrected chi connectivity index (χ4v) is 2.09. The van der Waals surface area contributed by atoms with E-state index in [1.54, 1.807) is 0 Å². The lowest BCUT2D eigenvalue weighted by atomic mass is 10.5. The quantitative estimate of drug-likeness (QED) is 0.659. The summed E-state index contributed by atoms with van der Waals surface area (Å²) in [5.41, 5.74) is 0. The van der Waals surface area contributed by atoms with Crippen molar-refractivity contribution in [3.05, 3.63) is 22.7 Å². The molecule has 0 amide bonds. The van der Waals surface area contributed by atoms with E-state index in [2.05, 4.69) is 5.41 Å². The first-order chi connectivity index (χ1) is 5.36. The molecule has 1 aliphatic heterocycles. The summed E-state index contributed by atoms with van der Waals surface area (Å²) in [6.45, 7) is 5.48. The van der Waals surface area contributed by atoms with E-state index >= 15 is 0 Å². The Kier molecular flexibility index (Phi) is 3.52. The van der Waals surface area contributed by atoms with Gasteiger partial charge in [-0.3, -0.25) is 0 Å². The summed E-state index contributed by atoms with van der Waals surface area (Å²) in [7, 11) is 0. The van der Waals surface area contributed by atoms with Crippen molar-refractivity contribution >= 4 is 11.2 Å². The molecule has 0 fully saturated rings. The topological polar surface area (TPSA) is 18.5 Å². The largest absolute Gasteiger partial charge is 0.493 e. The Bertz CT molecular complexity index is 175. The van der Waals surface area contributed by atoms with E-state index in [0.717, 1.165) is 19.0 Å². The first kappa shape index (κ1) is 8.68. The van der Waals surface area contributed by atoms with Gasteiger partial charge in [-0.05, 0) is 25.3 Å². The maximum atomic E-state index is 5.40. The highest BCUT2D eigenvalue weighted by molar-refractivity contribution is 8.18. The molecule has 0 saturated carbocycles. The minimum absolute atomic E-state index is 0.464. The molecule has 1 aliphatic rings. The highest BCUT2D eigenvalue weighted by Crippen LogP contribution is 2.36. The molecule has 0 radical (unpaired) electrons. The lowest BCUT2D eigenvalue weighted by Crippen LogP contribution is -1.85. The zero-order valence-corrected chi connectivity index (χ0v) is 7.80. The van der Waals surface area contributed by atoms with Crippen LogP contribution in [0.25, 0.3) is 0 Å². The molecule has 3 heteroatoms. The van der Waals surface area contributed by atoms with Crippen molar-refractivity contribution in [1.82, 2.24) is 0 Å². The second kappa shape index (κ2) is 4.46. The number of ether oxygens (including phenoxy) is 1. The highest BCUT2D eigenvalue weighted by atomic mass is 32.2. The van der Waals surface area contributed by atoms with Gasteiger partial charge in [0.15, 0.2) is 0 Å². The standard InChI is InChI=1S/C8H14O2S/c1-3-9-8-5-6-11(7-8)10-4-2/h5-7,11H,3-4H2,1-2H3. The Morgan fingerprint density at radius 2 is 2.18 bits per heavy atom. The van der Waals surface area contributed by atoms with Gasteiger partial charge in [0.1, 0.15) is 5.76 Å². The smallest absolute Gasteiger partial charge is 0.126 e. The van der Waals surface area contributed by atoms with Crippen LogP contribution in [0.2, 0.25) is 0 Å². The third-order valence-corrected chi connectivity index (χ3v) is 2.74. The van der Waals surface area contributed by atoms with Crippen molar-refractivity contribution < 1.29 is 8.92 Å². The molecule has 0 aromatic carbocycles. The summed E-state index contributed by atoms with van der Waals surface area (Å²) in [6, 6.07) is 0. The second-order valence-corrected chi connectivity index (χ2v) is 3.59. The third kappa shape index (κ3) is 2.60. The number of hydrogen-bond acceptors (Lipinski definition) is 2. The van der Waals surface area contributed by atoms with E-state index in [-0.39, 0.29) is 0 Å². The minimum atomic E-state index is -0.464. The van der Waals surface area contributed by atoms with Crippen LogP contribution < -0.4 is 0 Å². The van der Waals surface area contributed by atoms with Crippen LogP contribution in [0.4, 0.5) is 0 Å². The van der Waals surface area contributed by atoms with E-state index in [4.69, 9.17) is 8.92 Å². The van der Waals surface area contributed by atoms with Gasteiger partial charge < -0.3 is 8.92 Å². The molecule has 1 unspecified atom stereocenters. The monoisotopic (exact) mass is 174 g/mol. The van der Waals surface area contributed by atoms with Crippen LogP contribution in [-0.4, -0.2) is 13.2 Å². The zero-order chi connectivity index (χ0) is 8.10. The molecule has 0 aromatic rings. The first-order valence-corrected chi connectivity index (χ1v) is 5.20. The molecular weight excluding hydrogens is 160 g/mol. The van der Waals surface area contributed by atoms with Crippen molar-refractivity contribution in [3.63, 3.8) is 0 Å². The number of hydrogen-bond donors (Lipinski definition) is 1. The zero-order valence-electron chi connectivity index (χ0n) is 6.91. The second-order valence-electron chi connectivity index (χ2n) is 2.06. The van der Waals surface area contributed by atoms with E-state index < -0.39 is 11.2 Å². The normalized spacial score (nSPS) is 25.3. The van der Waals surface area contributed by atoms with Gasteiger partial charge in [-0.25, -0.2) is 0 Å². The van der Waals surface area contributed by atoms with Crippen LogP contribution >= 0.6 is 11.2 Å². The van der Waals surface area contributed by atoms with Crippen molar-refractivity contribution in [2.24, 2.45) is 0 Å². The molecule has 0 spiro atoms. The molecule has 64 valence electrons. The van der Waals surface area contributed by atoms with Gasteiger partial charge in [0.25, 0.3) is 0 Å². The molecule has 1 atom stereocenters. The Morgan fingerprint density at radius 3 is 2.82 bits per heavy atom. The fraction of sp³-hybridized carbons (Fsp3) is 0.500. The summed E-state index contributed by atoms with van der Waals surface area (Å²) < 4.78 is 10.7. The van der Waals surface area contributed by atoms with Crippen molar-refractivity contribution in [1.29, 1.82) is 0 Å². The summed E-state index contributed by atoms with van der Waals surface area (Å²) in [5.74, 6) is 0.951. The average Bonchev–Trinajstić information content (AvgIpc) is 2.38. The van der Waals surface area contributed by atoms with E-state index in [0.29, 0.717) is 0 Å². The molecule has 11 heavy (non-hydrogen) atoms. The minimum Gasteiger partial charge on any atom is -0.493 e. The van der Waals surface area contributed by atoms with Crippen molar-refractivity contribution in [2.45, 2.75) is 13.8 Å². The van der Waals surface area contributed by atoms with Gasteiger partial charge >= 0.3 is 0 Å². The van der Waals surface area contributed by atoms with Gasteiger partial charge in [0.05, 0.1) is 13.2 Å².